The molecule has 6 N–H and O–H groups in total. The predicted molar refractivity (Wildman–Crippen MR) is 156 cm³/mol. The fraction of sp³-hybridized carbons (Fsp3) is 0.548. The number of benzene rings is 2. The summed E-state index contributed by atoms with van der Waals surface area (Å²) in [6.45, 7) is -0.469. The number of furan rings is 1. The Morgan fingerprint density at radius 2 is 1.47 bits per heavy atom. The number of hydrogen-bond donors (Lipinski definition) is 6. The molecule has 9 atom stereocenters. The summed E-state index contributed by atoms with van der Waals surface area (Å²) in [6.07, 6.45) is -11.5. The Bertz CT molecular complexity index is 1410. The summed E-state index contributed by atoms with van der Waals surface area (Å²) in [4.78, 5) is 0. The lowest BCUT2D eigenvalue weighted by atomic mass is 9.99. The van der Waals surface area contributed by atoms with Crippen molar-refractivity contribution in [3.8, 4) is 28.6 Å². The Kier molecular flexibility index (Phi) is 10.8. The van der Waals surface area contributed by atoms with Crippen LogP contribution < -0.4 is 14.2 Å². The summed E-state index contributed by atoms with van der Waals surface area (Å²) >= 11 is 0. The Morgan fingerprint density at radius 3 is 2.20 bits per heavy atom. The number of rotatable bonds is 12. The van der Waals surface area contributed by atoms with Crippen LogP contribution in [-0.4, -0.2) is 127 Å². The molecule has 0 spiro atoms. The van der Waals surface area contributed by atoms with Gasteiger partial charge in [0.2, 0.25) is 0 Å². The zero-order valence-corrected chi connectivity index (χ0v) is 25.1. The fourth-order valence-corrected chi connectivity index (χ4v) is 5.39. The summed E-state index contributed by atoms with van der Waals surface area (Å²) in [5, 5.41) is 61.6. The Morgan fingerprint density at radius 1 is 0.733 bits per heavy atom. The van der Waals surface area contributed by atoms with E-state index in [4.69, 9.17) is 37.6 Å². The summed E-state index contributed by atoms with van der Waals surface area (Å²) in [5.41, 5.74) is 2.35. The van der Waals surface area contributed by atoms with E-state index >= 15 is 0 Å². The minimum absolute atomic E-state index is 0.148. The van der Waals surface area contributed by atoms with Crippen LogP contribution in [0.4, 0.5) is 0 Å². The minimum atomic E-state index is -1.59. The lowest BCUT2D eigenvalue weighted by Crippen LogP contribution is -2.60. The monoisotopic (exact) mass is 636 g/mol. The maximum absolute atomic E-state index is 10.4. The topological polar surface area (TPSA) is 199 Å². The van der Waals surface area contributed by atoms with E-state index in [2.05, 4.69) is 0 Å². The number of ether oxygens (including phenoxy) is 7. The van der Waals surface area contributed by atoms with E-state index in [1.54, 1.807) is 27.4 Å². The molecule has 2 aromatic carbocycles. The van der Waals surface area contributed by atoms with E-state index in [1.807, 2.05) is 30.3 Å². The van der Waals surface area contributed by atoms with Crippen LogP contribution in [0.3, 0.4) is 0 Å². The summed E-state index contributed by atoms with van der Waals surface area (Å²) in [7, 11) is 4.70. The molecule has 2 fully saturated rings. The van der Waals surface area contributed by atoms with E-state index in [-0.39, 0.29) is 19.8 Å². The molecule has 2 aliphatic rings. The third kappa shape index (κ3) is 7.20. The number of hydrogen-bond acceptors (Lipinski definition) is 14. The number of aliphatic hydroxyl groups excluding tert-OH is 6. The molecule has 0 aliphatic carbocycles. The zero-order valence-electron chi connectivity index (χ0n) is 25.1. The Hall–Kier alpha value is -3.02. The van der Waals surface area contributed by atoms with Crippen LogP contribution >= 0.6 is 0 Å². The highest BCUT2D eigenvalue weighted by atomic mass is 16.7. The lowest BCUT2D eigenvalue weighted by molar-refractivity contribution is -0.320. The van der Waals surface area contributed by atoms with Crippen LogP contribution in [0.5, 0.6) is 17.2 Å². The molecule has 0 amide bonds. The van der Waals surface area contributed by atoms with E-state index in [0.29, 0.717) is 41.4 Å². The van der Waals surface area contributed by atoms with E-state index < -0.39 is 55.3 Å². The van der Waals surface area contributed by atoms with Crippen LogP contribution in [0.2, 0.25) is 0 Å². The van der Waals surface area contributed by atoms with E-state index in [0.717, 1.165) is 16.5 Å². The Labute approximate surface area is 259 Å². The van der Waals surface area contributed by atoms with Crippen molar-refractivity contribution in [2.75, 3.05) is 41.2 Å². The van der Waals surface area contributed by atoms with Gasteiger partial charge in [-0.15, -0.1) is 0 Å². The number of methoxy groups -OCH3 is 3. The maximum Gasteiger partial charge on any atom is 0.186 e. The maximum atomic E-state index is 10.4. The number of aryl methyl sites for hydroxylation is 1. The largest absolute Gasteiger partial charge is 0.493 e. The normalized spacial score (nSPS) is 30.4. The van der Waals surface area contributed by atoms with Crippen molar-refractivity contribution in [2.24, 2.45) is 0 Å². The van der Waals surface area contributed by atoms with Crippen molar-refractivity contribution in [3.05, 3.63) is 42.0 Å². The molecule has 2 aliphatic heterocycles. The van der Waals surface area contributed by atoms with Gasteiger partial charge in [0.1, 0.15) is 48.5 Å². The molecule has 3 aromatic rings. The second kappa shape index (κ2) is 14.6. The van der Waals surface area contributed by atoms with Gasteiger partial charge in [-0.1, -0.05) is 0 Å². The van der Waals surface area contributed by atoms with Crippen molar-refractivity contribution in [1.82, 2.24) is 0 Å². The van der Waals surface area contributed by atoms with Gasteiger partial charge >= 0.3 is 0 Å². The average molecular weight is 637 g/mol. The van der Waals surface area contributed by atoms with Crippen LogP contribution in [0, 0.1) is 0 Å². The molecule has 14 heteroatoms. The molecule has 45 heavy (non-hydrogen) atoms. The fourth-order valence-electron chi connectivity index (χ4n) is 5.39. The van der Waals surface area contributed by atoms with Crippen LogP contribution in [0.1, 0.15) is 12.0 Å². The molecular formula is C31H40O14. The van der Waals surface area contributed by atoms with Crippen LogP contribution in [0.25, 0.3) is 22.3 Å². The lowest BCUT2D eigenvalue weighted by Gasteiger charge is -2.41. The molecule has 0 unspecified atom stereocenters. The van der Waals surface area contributed by atoms with Gasteiger partial charge in [0.05, 0.1) is 41.2 Å². The van der Waals surface area contributed by atoms with Gasteiger partial charge in [0, 0.05) is 10.9 Å². The number of fused-ring (bicyclic) bond motifs is 1. The summed E-state index contributed by atoms with van der Waals surface area (Å²) in [6, 6.07) is 11.3. The van der Waals surface area contributed by atoms with Gasteiger partial charge < -0.3 is 68.2 Å². The number of aliphatic hydroxyl groups is 6. The third-order valence-electron chi connectivity index (χ3n) is 7.97. The highest BCUT2D eigenvalue weighted by Crippen LogP contribution is 2.38. The van der Waals surface area contributed by atoms with Crippen molar-refractivity contribution >= 4 is 11.0 Å². The molecule has 0 bridgehead atoms. The second-order valence-electron chi connectivity index (χ2n) is 11.0. The molecular weight excluding hydrogens is 596 g/mol. The van der Waals surface area contributed by atoms with E-state index in [9.17, 15) is 30.6 Å². The highest BCUT2D eigenvalue weighted by Gasteiger charge is 2.45. The quantitative estimate of drug-likeness (QED) is 0.149. The van der Waals surface area contributed by atoms with E-state index in [1.165, 1.54) is 0 Å². The van der Waals surface area contributed by atoms with Gasteiger partial charge in [-0.2, -0.15) is 0 Å². The van der Waals surface area contributed by atoms with Crippen molar-refractivity contribution in [2.45, 2.75) is 68.1 Å². The first kappa shape index (κ1) is 33.3. The van der Waals surface area contributed by atoms with Crippen molar-refractivity contribution in [3.63, 3.8) is 0 Å². The predicted octanol–water partition coefficient (Wildman–Crippen LogP) is 0.338. The molecule has 0 saturated carbocycles. The molecule has 5 rings (SSSR count). The van der Waals surface area contributed by atoms with Crippen LogP contribution in [0.15, 0.2) is 40.8 Å². The van der Waals surface area contributed by atoms with Gasteiger partial charge in [0.15, 0.2) is 35.4 Å². The highest BCUT2D eigenvalue weighted by molar-refractivity contribution is 5.88. The Balaban J connectivity index is 1.18. The van der Waals surface area contributed by atoms with Crippen molar-refractivity contribution in [1.29, 1.82) is 0 Å². The van der Waals surface area contributed by atoms with Gasteiger partial charge in [-0.3, -0.25) is 0 Å². The van der Waals surface area contributed by atoms with Gasteiger partial charge in [0.25, 0.3) is 0 Å². The first-order chi connectivity index (χ1) is 21.6. The standard InChI is InChI=1S/C31H40O14/c1-38-19-7-6-16(11-21(19)39-2)20-12-17-9-15(10-22(40-3)29(17)44-20)5-4-8-41-31-28(37)26(35)25(34)23(45-31)14-43-30-27(36)24(33)18(32)13-42-30/h6-7,9-12,18,23-28,30-37H,4-5,8,13-14H2,1-3H3/t18-,23+,24-,25-,26-,27-,28+,30-,31-/m1/s1. The summed E-state index contributed by atoms with van der Waals surface area (Å²) in [5.74, 6) is 2.38. The molecule has 3 heterocycles. The smallest absolute Gasteiger partial charge is 0.186 e. The first-order valence-corrected chi connectivity index (χ1v) is 14.6. The minimum Gasteiger partial charge on any atom is -0.493 e. The average Bonchev–Trinajstić information content (AvgIpc) is 3.49. The van der Waals surface area contributed by atoms with Crippen molar-refractivity contribution < 1.29 is 68.2 Å². The molecule has 2 saturated heterocycles. The van der Waals surface area contributed by atoms with Crippen LogP contribution in [-0.2, 0) is 25.4 Å². The zero-order chi connectivity index (χ0) is 32.2. The molecule has 0 radical (unpaired) electrons. The summed E-state index contributed by atoms with van der Waals surface area (Å²) < 4.78 is 44.5. The third-order valence-corrected chi connectivity index (χ3v) is 7.97. The first-order valence-electron chi connectivity index (χ1n) is 14.6. The van der Waals surface area contributed by atoms with Gasteiger partial charge in [-0.25, -0.2) is 0 Å². The molecule has 1 aromatic heterocycles. The SMILES string of the molecule is COc1ccc(-c2cc3cc(CCCO[C@@H]4O[C@@H](CO[C@H]5OC[C@@H](O)[C@@H](O)[C@H]5O)[C@@H](O)[C@@H](O)[C@@H]4O)cc(OC)c3o2)cc1OC. The van der Waals surface area contributed by atoms with Gasteiger partial charge in [-0.05, 0) is 54.8 Å². The molecule has 14 nitrogen and oxygen atoms in total. The molecule has 248 valence electrons. The second-order valence-corrected chi connectivity index (χ2v) is 11.0.